The number of nitrogens with zero attached hydrogens (tertiary/aromatic N) is 4. The van der Waals surface area contributed by atoms with Crippen molar-refractivity contribution in [2.75, 3.05) is 5.32 Å². The molecule has 0 aliphatic carbocycles. The number of hydrogen-bond acceptors (Lipinski definition) is 8. The van der Waals surface area contributed by atoms with Crippen LogP contribution in [0, 0.1) is 10.1 Å². The van der Waals surface area contributed by atoms with Crippen molar-refractivity contribution in [3.05, 3.63) is 38.8 Å². The topological polar surface area (TPSA) is 107 Å². The Bertz CT molecular complexity index is 755. The summed E-state index contributed by atoms with van der Waals surface area (Å²) in [4.78, 5) is 14.6. The fourth-order valence-corrected chi connectivity index (χ4v) is 2.51. The van der Waals surface area contributed by atoms with Crippen LogP contribution in [0.2, 0.25) is 0 Å². The molecule has 9 heteroatoms. The van der Waals surface area contributed by atoms with Crippen molar-refractivity contribution in [3.8, 4) is 0 Å². The summed E-state index contributed by atoms with van der Waals surface area (Å²) in [7, 11) is 0. The van der Waals surface area contributed by atoms with Crippen LogP contribution in [0.4, 0.5) is 11.4 Å². The molecule has 1 unspecified atom stereocenters. The zero-order valence-corrected chi connectivity index (χ0v) is 11.1. The average molecular weight is 291 g/mol. The molecule has 0 saturated carbocycles. The van der Waals surface area contributed by atoms with E-state index in [1.807, 2.05) is 12.3 Å². The number of nitro groups is 1. The van der Waals surface area contributed by atoms with E-state index in [1.165, 1.54) is 17.4 Å². The zero-order valence-electron chi connectivity index (χ0n) is 10.3. The molecular formula is C11H9N5O3S. The quantitative estimate of drug-likeness (QED) is 0.581. The maximum atomic E-state index is 10.9. The molecule has 102 valence electrons. The van der Waals surface area contributed by atoms with Crippen molar-refractivity contribution < 1.29 is 9.55 Å². The smallest absolute Gasteiger partial charge is 0.300 e. The predicted molar refractivity (Wildman–Crippen MR) is 72.6 cm³/mol. The van der Waals surface area contributed by atoms with E-state index in [2.05, 4.69) is 25.2 Å². The molecule has 3 rings (SSSR count). The van der Waals surface area contributed by atoms with Crippen molar-refractivity contribution in [2.45, 2.75) is 13.0 Å². The molecule has 2 heterocycles. The summed E-state index contributed by atoms with van der Waals surface area (Å²) in [5, 5.41) is 24.2. The molecule has 8 nitrogen and oxygen atoms in total. The molecule has 0 bridgehead atoms. The highest BCUT2D eigenvalue weighted by molar-refractivity contribution is 7.09. The highest BCUT2D eigenvalue weighted by Crippen LogP contribution is 2.31. The second-order valence-electron chi connectivity index (χ2n) is 4.09. The summed E-state index contributed by atoms with van der Waals surface area (Å²) in [5.74, 6) is 0. The summed E-state index contributed by atoms with van der Waals surface area (Å²) in [6, 6.07) is 2.93. The van der Waals surface area contributed by atoms with Gasteiger partial charge in [0.05, 0.1) is 16.7 Å². The van der Waals surface area contributed by atoms with Gasteiger partial charge in [-0.2, -0.15) is 0 Å². The number of non-ortho nitro benzene ring substituents is 1. The van der Waals surface area contributed by atoms with Gasteiger partial charge in [-0.25, -0.2) is 9.61 Å². The van der Waals surface area contributed by atoms with Crippen LogP contribution < -0.4 is 5.32 Å². The second-order valence-corrected chi connectivity index (χ2v) is 5.01. The molecule has 1 atom stereocenters. The van der Waals surface area contributed by atoms with E-state index >= 15 is 0 Å². The first-order valence-corrected chi connectivity index (χ1v) is 6.60. The minimum absolute atomic E-state index is 0.0450. The summed E-state index contributed by atoms with van der Waals surface area (Å²) >= 11 is 1.52. The standard InChI is InChI=1S/C11H9N5O3S/c1-6(11-12-4-5-20-11)13-7-2-3-8(16(17)18)10-9(7)14-19-15-10/h2-6,13H,1H3. The molecule has 0 saturated heterocycles. The molecule has 1 N–H and O–H groups in total. The first-order chi connectivity index (χ1) is 9.66. The maximum Gasteiger partial charge on any atom is 0.300 e. The highest BCUT2D eigenvalue weighted by Gasteiger charge is 2.20. The lowest BCUT2D eigenvalue weighted by Gasteiger charge is -2.12. The number of rotatable bonds is 4. The summed E-state index contributed by atoms with van der Waals surface area (Å²) < 4.78 is 4.61. The summed E-state index contributed by atoms with van der Waals surface area (Å²) in [5.41, 5.74) is 0.956. The lowest BCUT2D eigenvalue weighted by Crippen LogP contribution is -2.06. The fraction of sp³-hybridized carbons (Fsp3) is 0.182. The lowest BCUT2D eigenvalue weighted by atomic mass is 10.2. The van der Waals surface area contributed by atoms with Gasteiger partial charge in [0.25, 0.3) is 0 Å². The maximum absolute atomic E-state index is 10.9. The van der Waals surface area contributed by atoms with Gasteiger partial charge in [-0.15, -0.1) is 11.3 Å². The first-order valence-electron chi connectivity index (χ1n) is 5.72. The van der Waals surface area contributed by atoms with E-state index in [1.54, 1.807) is 12.3 Å². The van der Waals surface area contributed by atoms with Gasteiger partial charge in [0.15, 0.2) is 5.52 Å². The van der Waals surface area contributed by atoms with Crippen LogP contribution >= 0.6 is 11.3 Å². The number of benzene rings is 1. The monoisotopic (exact) mass is 291 g/mol. The minimum atomic E-state index is -0.513. The third kappa shape index (κ3) is 2.07. The summed E-state index contributed by atoms with van der Waals surface area (Å²) in [6.07, 6.45) is 1.72. The number of thiazole rings is 1. The molecule has 0 aliphatic heterocycles. The zero-order chi connectivity index (χ0) is 14.1. The van der Waals surface area contributed by atoms with Crippen LogP contribution in [0.25, 0.3) is 11.0 Å². The molecule has 1 aromatic carbocycles. The van der Waals surface area contributed by atoms with Gasteiger partial charge in [0.2, 0.25) is 5.52 Å². The normalized spacial score (nSPS) is 12.4. The summed E-state index contributed by atoms with van der Waals surface area (Å²) in [6.45, 7) is 1.94. The van der Waals surface area contributed by atoms with Crippen molar-refractivity contribution in [2.24, 2.45) is 0 Å². The number of fused-ring (bicyclic) bond motifs is 1. The van der Waals surface area contributed by atoms with Crippen molar-refractivity contribution >= 4 is 33.7 Å². The van der Waals surface area contributed by atoms with Crippen LogP contribution in [0.1, 0.15) is 18.0 Å². The van der Waals surface area contributed by atoms with Gasteiger partial charge >= 0.3 is 5.69 Å². The average Bonchev–Trinajstić information content (AvgIpc) is 3.10. The Labute approximate surface area is 116 Å². The molecule has 20 heavy (non-hydrogen) atoms. The van der Waals surface area contributed by atoms with Gasteiger partial charge in [-0.1, -0.05) is 0 Å². The van der Waals surface area contributed by atoms with Crippen molar-refractivity contribution in [1.82, 2.24) is 15.3 Å². The Morgan fingerprint density at radius 1 is 1.40 bits per heavy atom. The molecule has 0 aliphatic rings. The molecule has 0 radical (unpaired) electrons. The molecule has 2 aromatic heterocycles. The lowest BCUT2D eigenvalue weighted by molar-refractivity contribution is -0.383. The van der Waals surface area contributed by atoms with Gasteiger partial charge < -0.3 is 5.32 Å². The molecular weight excluding hydrogens is 282 g/mol. The number of nitro benzene ring substituents is 1. The number of aromatic nitrogens is 3. The van der Waals surface area contributed by atoms with E-state index in [0.717, 1.165) is 5.01 Å². The minimum Gasteiger partial charge on any atom is -0.374 e. The Hall–Kier alpha value is -2.55. The van der Waals surface area contributed by atoms with E-state index in [0.29, 0.717) is 11.2 Å². The first kappa shape index (κ1) is 12.5. The Morgan fingerprint density at radius 2 is 2.20 bits per heavy atom. The Morgan fingerprint density at radius 3 is 2.90 bits per heavy atom. The molecule has 3 aromatic rings. The Kier molecular flexibility index (Phi) is 3.03. The highest BCUT2D eigenvalue weighted by atomic mass is 32.1. The third-order valence-corrected chi connectivity index (χ3v) is 3.74. The van der Waals surface area contributed by atoms with E-state index in [9.17, 15) is 10.1 Å². The van der Waals surface area contributed by atoms with Crippen LogP contribution in [0.3, 0.4) is 0 Å². The van der Waals surface area contributed by atoms with Gasteiger partial charge in [-0.05, 0) is 23.3 Å². The number of anilines is 1. The molecule has 0 amide bonds. The van der Waals surface area contributed by atoms with E-state index in [-0.39, 0.29) is 17.2 Å². The van der Waals surface area contributed by atoms with Crippen LogP contribution in [0.15, 0.2) is 28.3 Å². The van der Waals surface area contributed by atoms with Gasteiger partial charge in [0.1, 0.15) is 5.01 Å². The van der Waals surface area contributed by atoms with Crippen LogP contribution in [-0.4, -0.2) is 20.2 Å². The number of nitrogens with one attached hydrogen (secondary N) is 1. The number of hydrogen-bond donors (Lipinski definition) is 1. The van der Waals surface area contributed by atoms with Crippen LogP contribution in [-0.2, 0) is 0 Å². The van der Waals surface area contributed by atoms with Crippen molar-refractivity contribution in [3.63, 3.8) is 0 Å². The predicted octanol–water partition coefficient (Wildman–Crippen LogP) is 2.76. The third-order valence-electron chi connectivity index (χ3n) is 2.78. The van der Waals surface area contributed by atoms with Crippen LogP contribution in [0.5, 0.6) is 0 Å². The van der Waals surface area contributed by atoms with Gasteiger partial charge in [-0.3, -0.25) is 10.1 Å². The Balaban J connectivity index is 1.99. The van der Waals surface area contributed by atoms with E-state index in [4.69, 9.17) is 0 Å². The molecule has 0 fully saturated rings. The molecule has 0 spiro atoms. The van der Waals surface area contributed by atoms with Crippen molar-refractivity contribution in [1.29, 1.82) is 0 Å². The van der Waals surface area contributed by atoms with E-state index < -0.39 is 4.92 Å². The SMILES string of the molecule is CC(Nc1ccc([N+](=O)[O-])c2nonc12)c1nccs1. The second kappa shape index (κ2) is 4.85. The van der Waals surface area contributed by atoms with Gasteiger partial charge in [0, 0.05) is 17.6 Å². The fourth-order valence-electron chi connectivity index (χ4n) is 1.86. The largest absolute Gasteiger partial charge is 0.374 e.